The molecule has 1 fully saturated rings. The van der Waals surface area contributed by atoms with Gasteiger partial charge in [0.1, 0.15) is 17.6 Å². The first kappa shape index (κ1) is 26.7. The molecule has 0 bridgehead atoms. The van der Waals surface area contributed by atoms with Crippen LogP contribution in [0.15, 0.2) is 108 Å². The Labute approximate surface area is 226 Å². The maximum atomic E-state index is 12.5. The Morgan fingerprint density at radius 3 is 1.79 bits per heavy atom. The number of aliphatic hydroxyl groups excluding tert-OH is 1. The lowest BCUT2D eigenvalue weighted by Crippen LogP contribution is -2.57. The van der Waals surface area contributed by atoms with Crippen LogP contribution in [0.25, 0.3) is 0 Å². The molecule has 1 aliphatic heterocycles. The molecule has 3 aromatic carbocycles. The highest BCUT2D eigenvalue weighted by atomic mass is 16.9. The molecule has 9 heteroatoms. The minimum atomic E-state index is -1.90. The van der Waals surface area contributed by atoms with Crippen molar-refractivity contribution in [3.63, 3.8) is 0 Å². The molecule has 4 aromatic rings. The second-order valence-electron chi connectivity index (χ2n) is 9.25. The van der Waals surface area contributed by atoms with Gasteiger partial charge >= 0.3 is 11.7 Å². The highest BCUT2D eigenvalue weighted by molar-refractivity contribution is 5.47. The van der Waals surface area contributed by atoms with Gasteiger partial charge in [-0.05, 0) is 22.8 Å². The van der Waals surface area contributed by atoms with E-state index >= 15 is 0 Å². The zero-order chi connectivity index (χ0) is 27.5. The number of benzene rings is 3. The standard InChI is InChI=1S/C30H31N3O6/c1-36-30(37-2,27-24(34)20-26(38-27)33-19-18-25(31)32-28(33)35)39-29(21-12-6-3-7-13-21,22-14-8-4-9-15-22)23-16-10-5-11-17-23/h3-19,24,26-27,34H,20H2,1-2H3,(H2,31,32,35)/t24-,26+,27-/m0/s1. The Bertz CT molecular complexity index is 1330. The SMILES string of the molecule is COC(OC)(OC(c1ccccc1)(c1ccccc1)c1ccccc1)[C@H]1O[C@@H](n2ccc(N)nc2=O)C[C@@H]1O. The number of aromatic nitrogens is 2. The first-order valence-electron chi connectivity index (χ1n) is 12.6. The highest BCUT2D eigenvalue weighted by Crippen LogP contribution is 2.47. The van der Waals surface area contributed by atoms with E-state index in [-0.39, 0.29) is 12.2 Å². The highest BCUT2D eigenvalue weighted by Gasteiger charge is 2.57. The molecule has 1 aliphatic rings. The molecule has 1 aromatic heterocycles. The molecular weight excluding hydrogens is 498 g/mol. The number of hydrogen-bond donors (Lipinski definition) is 2. The third kappa shape index (κ3) is 4.87. The van der Waals surface area contributed by atoms with E-state index in [0.717, 1.165) is 16.7 Å². The number of anilines is 1. The monoisotopic (exact) mass is 529 g/mol. The fourth-order valence-corrected chi connectivity index (χ4v) is 5.15. The van der Waals surface area contributed by atoms with Crippen molar-refractivity contribution in [2.45, 2.75) is 36.4 Å². The summed E-state index contributed by atoms with van der Waals surface area (Å²) in [6.45, 7) is 0. The van der Waals surface area contributed by atoms with Crippen LogP contribution in [0.1, 0.15) is 29.3 Å². The molecule has 9 nitrogen and oxygen atoms in total. The van der Waals surface area contributed by atoms with E-state index in [2.05, 4.69) is 4.98 Å². The summed E-state index contributed by atoms with van der Waals surface area (Å²) in [5, 5.41) is 11.2. The molecule has 0 spiro atoms. The van der Waals surface area contributed by atoms with E-state index in [1.54, 1.807) is 0 Å². The van der Waals surface area contributed by atoms with Crippen molar-refractivity contribution >= 4 is 5.82 Å². The molecule has 2 heterocycles. The van der Waals surface area contributed by atoms with Crippen LogP contribution in [0.2, 0.25) is 0 Å². The minimum absolute atomic E-state index is 0.0724. The molecule has 0 aliphatic carbocycles. The van der Waals surface area contributed by atoms with Gasteiger partial charge < -0.3 is 29.8 Å². The summed E-state index contributed by atoms with van der Waals surface area (Å²) in [5.74, 6) is -1.81. The molecule has 0 radical (unpaired) electrons. The fraction of sp³-hybridized carbons (Fsp3) is 0.267. The number of aliphatic hydroxyl groups is 1. The number of nitrogens with zero attached hydrogens (tertiary/aromatic N) is 2. The summed E-state index contributed by atoms with van der Waals surface area (Å²) in [7, 11) is 2.85. The van der Waals surface area contributed by atoms with Crippen LogP contribution in [0.4, 0.5) is 5.82 Å². The van der Waals surface area contributed by atoms with E-state index in [4.69, 9.17) is 24.7 Å². The van der Waals surface area contributed by atoms with Gasteiger partial charge in [0, 0.05) is 26.8 Å². The van der Waals surface area contributed by atoms with Gasteiger partial charge in [0.05, 0.1) is 6.10 Å². The summed E-state index contributed by atoms with van der Waals surface area (Å²) < 4.78 is 26.4. The zero-order valence-electron chi connectivity index (χ0n) is 21.7. The predicted octanol–water partition coefficient (Wildman–Crippen LogP) is 3.43. The molecule has 5 rings (SSSR count). The lowest BCUT2D eigenvalue weighted by Gasteiger charge is -2.45. The van der Waals surface area contributed by atoms with Crippen LogP contribution >= 0.6 is 0 Å². The largest absolute Gasteiger partial charge is 0.390 e. The van der Waals surface area contributed by atoms with Crippen LogP contribution in [-0.2, 0) is 24.5 Å². The van der Waals surface area contributed by atoms with Crippen molar-refractivity contribution in [2.24, 2.45) is 0 Å². The summed E-state index contributed by atoms with van der Waals surface area (Å²) in [4.78, 5) is 16.3. The van der Waals surface area contributed by atoms with Crippen molar-refractivity contribution in [1.82, 2.24) is 9.55 Å². The molecule has 39 heavy (non-hydrogen) atoms. The Hall–Kier alpha value is -3.86. The van der Waals surface area contributed by atoms with E-state index in [9.17, 15) is 9.90 Å². The first-order valence-corrected chi connectivity index (χ1v) is 12.6. The molecule has 0 amide bonds. The van der Waals surface area contributed by atoms with E-state index in [1.165, 1.54) is 31.0 Å². The van der Waals surface area contributed by atoms with Gasteiger partial charge in [0.25, 0.3) is 0 Å². The second-order valence-corrected chi connectivity index (χ2v) is 9.25. The topological polar surface area (TPSA) is 118 Å². The quantitative estimate of drug-likeness (QED) is 0.250. The van der Waals surface area contributed by atoms with Crippen molar-refractivity contribution < 1.29 is 24.1 Å². The van der Waals surface area contributed by atoms with Gasteiger partial charge in [-0.15, -0.1) is 0 Å². The van der Waals surface area contributed by atoms with Crippen molar-refractivity contribution in [2.75, 3.05) is 20.0 Å². The first-order chi connectivity index (χ1) is 18.9. The van der Waals surface area contributed by atoms with E-state index < -0.39 is 35.7 Å². The number of nitrogens with two attached hydrogens (primary N) is 1. The number of nitrogen functional groups attached to an aromatic ring is 1. The van der Waals surface area contributed by atoms with Crippen LogP contribution in [0.3, 0.4) is 0 Å². The van der Waals surface area contributed by atoms with Gasteiger partial charge in [-0.1, -0.05) is 91.0 Å². The third-order valence-electron chi connectivity index (χ3n) is 7.01. The molecule has 202 valence electrons. The number of methoxy groups -OCH3 is 2. The van der Waals surface area contributed by atoms with Crippen LogP contribution < -0.4 is 11.4 Å². The zero-order valence-corrected chi connectivity index (χ0v) is 21.7. The van der Waals surface area contributed by atoms with Gasteiger partial charge in [-0.25, -0.2) is 4.79 Å². The number of hydrogen-bond acceptors (Lipinski definition) is 8. The molecule has 0 saturated carbocycles. The fourth-order valence-electron chi connectivity index (χ4n) is 5.15. The van der Waals surface area contributed by atoms with Crippen LogP contribution in [-0.4, -0.2) is 47.1 Å². The predicted molar refractivity (Wildman–Crippen MR) is 144 cm³/mol. The molecule has 1 saturated heterocycles. The Kier molecular flexibility index (Phi) is 7.60. The van der Waals surface area contributed by atoms with Gasteiger partial charge in [-0.2, -0.15) is 4.98 Å². The average Bonchev–Trinajstić information content (AvgIpc) is 3.37. The average molecular weight is 530 g/mol. The summed E-state index contributed by atoms with van der Waals surface area (Å²) in [6.07, 6.45) is -1.55. The summed E-state index contributed by atoms with van der Waals surface area (Å²) in [5.41, 5.74) is 6.25. The van der Waals surface area contributed by atoms with Crippen LogP contribution in [0.5, 0.6) is 0 Å². The Balaban J connectivity index is 1.65. The molecule has 3 N–H and O–H groups in total. The van der Waals surface area contributed by atoms with Gasteiger partial charge in [0.2, 0.25) is 0 Å². The number of ether oxygens (including phenoxy) is 4. The van der Waals surface area contributed by atoms with Crippen LogP contribution in [0, 0.1) is 0 Å². The summed E-state index contributed by atoms with van der Waals surface area (Å²) >= 11 is 0. The Morgan fingerprint density at radius 2 is 1.36 bits per heavy atom. The van der Waals surface area contributed by atoms with Gasteiger partial charge in [-0.3, -0.25) is 4.57 Å². The van der Waals surface area contributed by atoms with Crippen molar-refractivity contribution in [1.29, 1.82) is 0 Å². The Morgan fingerprint density at radius 1 is 0.872 bits per heavy atom. The maximum absolute atomic E-state index is 12.5. The smallest absolute Gasteiger partial charge is 0.351 e. The third-order valence-corrected chi connectivity index (χ3v) is 7.01. The second kappa shape index (κ2) is 11.1. The minimum Gasteiger partial charge on any atom is -0.390 e. The molecule has 0 unspecified atom stereocenters. The van der Waals surface area contributed by atoms with E-state index in [1.807, 2.05) is 91.0 Å². The van der Waals surface area contributed by atoms with Crippen molar-refractivity contribution in [3.8, 4) is 0 Å². The van der Waals surface area contributed by atoms with E-state index in [0.29, 0.717) is 0 Å². The number of rotatable bonds is 9. The lowest BCUT2D eigenvalue weighted by atomic mass is 9.80. The molecule has 3 atom stereocenters. The maximum Gasteiger partial charge on any atom is 0.351 e. The molecular formula is C30H31N3O6. The van der Waals surface area contributed by atoms with Gasteiger partial charge in [0.15, 0.2) is 6.10 Å². The van der Waals surface area contributed by atoms with Crippen molar-refractivity contribution in [3.05, 3.63) is 130 Å². The normalized spacial score (nSPS) is 19.7. The summed E-state index contributed by atoms with van der Waals surface area (Å²) in [6, 6.07) is 30.6. The lowest BCUT2D eigenvalue weighted by molar-refractivity contribution is -0.428.